The third-order valence-electron chi connectivity index (χ3n) is 4.85. The van der Waals surface area contributed by atoms with Crippen molar-refractivity contribution in [3.63, 3.8) is 0 Å². The van der Waals surface area contributed by atoms with Crippen LogP contribution in [0.1, 0.15) is 22.2 Å². The fraction of sp³-hybridized carbons (Fsp3) is 0.286. The number of hydrogen-bond acceptors (Lipinski definition) is 8. The standard InChI is InChI=1S/C12H7F2N3O3.C9H14N2S.FHS/c13-7-1-2-8(9(14)5-7)10-3-4-11(17(19)20)12(16-10)15-6-18;1-7-5-10-9(12-7)8-3-4-11(2)6-8;1-2/h1-6H,(H,15,16,18);5,8H,3-4,6H2,1-2H3;2H. The van der Waals surface area contributed by atoms with E-state index in [-0.39, 0.29) is 23.5 Å². The smallest absolute Gasteiger partial charge is 0.308 e. The fourth-order valence-corrected chi connectivity index (χ4v) is 4.21. The molecule has 3 heterocycles. The number of anilines is 1. The number of carbonyl (C=O) groups is 1. The van der Waals surface area contributed by atoms with Crippen LogP contribution in [0.5, 0.6) is 0 Å². The van der Waals surface area contributed by atoms with Gasteiger partial charge in [-0.1, -0.05) is 0 Å². The first-order valence-corrected chi connectivity index (χ1v) is 11.0. The molecule has 0 radical (unpaired) electrons. The number of aryl methyl sites for hydroxylation is 1. The first kappa shape index (κ1) is 27.2. The lowest BCUT2D eigenvalue weighted by Crippen LogP contribution is -2.13. The molecule has 2 aromatic heterocycles. The van der Waals surface area contributed by atoms with E-state index in [1.54, 1.807) is 0 Å². The van der Waals surface area contributed by atoms with E-state index in [0.717, 1.165) is 18.2 Å². The molecule has 0 spiro atoms. The number of amides is 1. The van der Waals surface area contributed by atoms with Gasteiger partial charge in [-0.25, -0.2) is 18.7 Å². The van der Waals surface area contributed by atoms with Crippen molar-refractivity contribution < 1.29 is 22.4 Å². The van der Waals surface area contributed by atoms with Gasteiger partial charge < -0.3 is 10.2 Å². The van der Waals surface area contributed by atoms with Crippen LogP contribution in [0.2, 0.25) is 0 Å². The summed E-state index contributed by atoms with van der Waals surface area (Å²) in [6, 6.07) is 5.16. The zero-order chi connectivity index (χ0) is 25.3. The lowest BCUT2D eigenvalue weighted by atomic mass is 10.1. The van der Waals surface area contributed by atoms with E-state index >= 15 is 0 Å². The number of pyridine rings is 1. The van der Waals surface area contributed by atoms with Gasteiger partial charge in [-0.3, -0.25) is 14.9 Å². The molecule has 0 saturated carbocycles. The Balaban J connectivity index is 0.000000248. The number of thiol groups is 1. The number of nitrogens with zero attached hydrogens (tertiary/aromatic N) is 4. The van der Waals surface area contributed by atoms with Crippen LogP contribution in [0.25, 0.3) is 11.3 Å². The van der Waals surface area contributed by atoms with E-state index < -0.39 is 22.2 Å². The highest BCUT2D eigenvalue weighted by Crippen LogP contribution is 2.29. The maximum atomic E-state index is 13.6. The van der Waals surface area contributed by atoms with Crippen LogP contribution in [-0.4, -0.2) is 46.3 Å². The summed E-state index contributed by atoms with van der Waals surface area (Å²) in [5, 5.41) is 14.1. The summed E-state index contributed by atoms with van der Waals surface area (Å²) >= 11 is 3.88. The van der Waals surface area contributed by atoms with Crippen molar-refractivity contribution in [2.24, 2.45) is 0 Å². The van der Waals surface area contributed by atoms with E-state index in [9.17, 15) is 27.6 Å². The van der Waals surface area contributed by atoms with Gasteiger partial charge in [0.15, 0.2) is 0 Å². The minimum Gasteiger partial charge on any atom is -0.308 e. The topological polar surface area (TPSA) is 101 Å². The maximum Gasteiger partial charge on any atom is 0.311 e. The van der Waals surface area contributed by atoms with E-state index in [0.29, 0.717) is 12.0 Å². The molecule has 8 nitrogen and oxygen atoms in total. The van der Waals surface area contributed by atoms with Gasteiger partial charge in [-0.15, -0.1) is 11.3 Å². The number of likely N-dealkylation sites (tertiary alicyclic amines) is 1. The van der Waals surface area contributed by atoms with Crippen molar-refractivity contribution in [2.45, 2.75) is 19.3 Å². The molecular formula is C21H22F3N5O3S2. The molecule has 1 aromatic carbocycles. The molecule has 1 aliphatic rings. The van der Waals surface area contributed by atoms with Gasteiger partial charge >= 0.3 is 5.69 Å². The van der Waals surface area contributed by atoms with E-state index in [4.69, 9.17) is 0 Å². The van der Waals surface area contributed by atoms with Gasteiger partial charge in [0.2, 0.25) is 12.2 Å². The van der Waals surface area contributed by atoms with Gasteiger partial charge in [0.25, 0.3) is 0 Å². The number of hydrogen-bond donors (Lipinski definition) is 2. The fourth-order valence-electron chi connectivity index (χ4n) is 3.31. The Bertz CT molecular complexity index is 1130. The molecule has 1 fully saturated rings. The number of nitro groups is 1. The summed E-state index contributed by atoms with van der Waals surface area (Å²) in [5.74, 6) is -1.22. The van der Waals surface area contributed by atoms with Crippen molar-refractivity contribution in [3.05, 3.63) is 68.2 Å². The Kier molecular flexibility index (Phi) is 10.4. The number of halogens is 3. The number of thiazole rings is 1. The first-order chi connectivity index (χ1) is 16.3. The van der Waals surface area contributed by atoms with Crippen molar-refractivity contribution in [1.29, 1.82) is 0 Å². The molecule has 182 valence electrons. The minimum absolute atomic E-state index is 0.0322. The molecule has 1 atom stereocenters. The second kappa shape index (κ2) is 13.0. The number of aromatic nitrogens is 2. The number of benzene rings is 1. The third-order valence-corrected chi connectivity index (χ3v) is 5.93. The molecule has 0 bridgehead atoms. The second-order valence-corrected chi connectivity index (χ2v) is 8.53. The van der Waals surface area contributed by atoms with Crippen LogP contribution in [0.4, 0.5) is 24.2 Å². The van der Waals surface area contributed by atoms with Crippen LogP contribution < -0.4 is 5.32 Å². The molecule has 1 saturated heterocycles. The predicted molar refractivity (Wildman–Crippen MR) is 128 cm³/mol. The number of likely N-dealkylation sites (N-methyl/N-ethyl adjacent to an activating group) is 1. The molecule has 13 heteroatoms. The summed E-state index contributed by atoms with van der Waals surface area (Å²) < 4.78 is 35.6. The minimum atomic E-state index is -0.858. The Morgan fingerprint density at radius 1 is 1.29 bits per heavy atom. The average Bonchev–Trinajstić information content (AvgIpc) is 3.44. The number of nitrogens with one attached hydrogen (secondary N) is 1. The van der Waals surface area contributed by atoms with Crippen LogP contribution in [0.15, 0.2) is 36.5 Å². The van der Waals surface area contributed by atoms with Crippen molar-refractivity contribution in [3.8, 4) is 11.3 Å². The third kappa shape index (κ3) is 7.23. The Morgan fingerprint density at radius 2 is 2.03 bits per heavy atom. The van der Waals surface area contributed by atoms with Crippen LogP contribution in [0.3, 0.4) is 0 Å². The van der Waals surface area contributed by atoms with Gasteiger partial charge in [0, 0.05) is 54.2 Å². The van der Waals surface area contributed by atoms with Crippen molar-refractivity contribution in [1.82, 2.24) is 14.9 Å². The molecule has 1 amide bonds. The SMILES string of the molecule is Cc1cnc(C2CCN(C)C2)s1.FS.O=CNc1nc(-c2ccc(F)cc2F)ccc1[N+](=O)[O-]. The zero-order valence-electron chi connectivity index (χ0n) is 18.2. The predicted octanol–water partition coefficient (Wildman–Crippen LogP) is 5.17. The first-order valence-electron chi connectivity index (χ1n) is 9.87. The highest BCUT2D eigenvalue weighted by molar-refractivity contribution is 7.74. The molecule has 3 aromatic rings. The Morgan fingerprint density at radius 3 is 2.56 bits per heavy atom. The van der Waals surface area contributed by atoms with Crippen LogP contribution in [0, 0.1) is 28.7 Å². The highest BCUT2D eigenvalue weighted by atomic mass is 32.1. The monoisotopic (exact) mass is 513 g/mol. The number of rotatable bonds is 5. The van der Waals surface area contributed by atoms with Gasteiger partial charge in [0.05, 0.1) is 15.6 Å². The van der Waals surface area contributed by atoms with Crippen LogP contribution in [-0.2, 0) is 4.79 Å². The Labute approximate surface area is 203 Å². The summed E-state index contributed by atoms with van der Waals surface area (Å²) in [4.78, 5) is 32.4. The number of carbonyl (C=O) groups excluding carboxylic acids is 1. The average molecular weight is 514 g/mol. The normalized spacial score (nSPS) is 14.9. The highest BCUT2D eigenvalue weighted by Gasteiger charge is 2.23. The maximum absolute atomic E-state index is 13.6. The zero-order valence-corrected chi connectivity index (χ0v) is 20.0. The molecule has 0 aliphatic carbocycles. The molecule has 1 aliphatic heterocycles. The van der Waals surface area contributed by atoms with E-state index in [2.05, 4.69) is 34.2 Å². The van der Waals surface area contributed by atoms with Gasteiger partial charge in [-0.2, -0.15) is 3.89 Å². The summed E-state index contributed by atoms with van der Waals surface area (Å²) in [7, 11) is 2.18. The largest absolute Gasteiger partial charge is 0.311 e. The van der Waals surface area contributed by atoms with Gasteiger partial charge in [0.1, 0.15) is 11.6 Å². The molecular weight excluding hydrogens is 491 g/mol. The van der Waals surface area contributed by atoms with E-state index in [1.807, 2.05) is 30.5 Å². The molecule has 1 unspecified atom stereocenters. The lowest BCUT2D eigenvalue weighted by molar-refractivity contribution is -0.384. The van der Waals surface area contributed by atoms with Crippen LogP contribution >= 0.6 is 24.4 Å². The molecule has 4 rings (SSSR count). The summed E-state index contributed by atoms with van der Waals surface area (Å²) in [5.41, 5.74) is -0.420. The van der Waals surface area contributed by atoms with Crippen molar-refractivity contribution in [2.75, 3.05) is 25.5 Å². The van der Waals surface area contributed by atoms with E-state index in [1.165, 1.54) is 35.5 Å². The van der Waals surface area contributed by atoms with Gasteiger partial charge in [-0.05, 0) is 45.1 Å². The quantitative estimate of drug-likeness (QED) is 0.211. The van der Waals surface area contributed by atoms with Crippen molar-refractivity contribution >= 4 is 42.3 Å². The molecule has 34 heavy (non-hydrogen) atoms. The second-order valence-electron chi connectivity index (χ2n) is 7.26. The summed E-state index contributed by atoms with van der Waals surface area (Å²) in [6.45, 7) is 4.54. The Hall–Kier alpha value is -3.03. The lowest BCUT2D eigenvalue weighted by Gasteiger charge is -2.06. The summed E-state index contributed by atoms with van der Waals surface area (Å²) in [6.07, 6.45) is 3.49. The molecule has 1 N–H and O–H groups in total.